The van der Waals surface area contributed by atoms with Gasteiger partial charge < -0.3 is 14.7 Å². The van der Waals surface area contributed by atoms with Gasteiger partial charge in [0.05, 0.1) is 19.1 Å². The second kappa shape index (κ2) is 8.03. The molecule has 1 unspecified atom stereocenters. The van der Waals surface area contributed by atoms with E-state index in [0.29, 0.717) is 42.1 Å². The van der Waals surface area contributed by atoms with E-state index in [0.717, 1.165) is 22.3 Å². The number of aromatic hydroxyl groups is 1. The Kier molecular flexibility index (Phi) is 4.84. The van der Waals surface area contributed by atoms with Crippen molar-refractivity contribution in [2.45, 2.75) is 18.9 Å². The summed E-state index contributed by atoms with van der Waals surface area (Å²) in [5.74, 6) is -0.745. The van der Waals surface area contributed by atoms with Gasteiger partial charge in [0, 0.05) is 23.7 Å². The van der Waals surface area contributed by atoms with Crippen LogP contribution in [0.25, 0.3) is 11.1 Å². The van der Waals surface area contributed by atoms with Crippen molar-refractivity contribution in [1.82, 2.24) is 0 Å². The van der Waals surface area contributed by atoms with Crippen molar-refractivity contribution in [3.8, 4) is 22.6 Å². The molecule has 0 bridgehead atoms. The highest BCUT2D eigenvalue weighted by Crippen LogP contribution is 2.47. The number of fused-ring (bicyclic) bond motifs is 2. The minimum Gasteiger partial charge on any atom is -0.507 e. The number of hydrogen-bond acceptors (Lipinski definition) is 3. The van der Waals surface area contributed by atoms with Crippen LogP contribution in [0.4, 0.5) is 10.1 Å². The molecular weight excluding hydrogens is 429 g/mol. The molecule has 5 heteroatoms. The molecule has 34 heavy (non-hydrogen) atoms. The van der Waals surface area contributed by atoms with E-state index in [9.17, 15) is 14.3 Å². The number of amides is 1. The first kappa shape index (κ1) is 20.5. The van der Waals surface area contributed by atoms with Crippen LogP contribution in [0.5, 0.6) is 11.5 Å². The van der Waals surface area contributed by atoms with Crippen LogP contribution in [-0.2, 0) is 17.8 Å². The summed E-state index contributed by atoms with van der Waals surface area (Å²) in [5, 5.41) is 10.8. The van der Waals surface area contributed by atoms with E-state index in [1.165, 1.54) is 12.1 Å². The molecule has 0 aromatic heterocycles. The number of halogens is 1. The summed E-state index contributed by atoms with van der Waals surface area (Å²) >= 11 is 0. The number of carbonyl (C=O) groups excluding carboxylic acids is 1. The topological polar surface area (TPSA) is 49.8 Å². The zero-order valence-electron chi connectivity index (χ0n) is 18.4. The van der Waals surface area contributed by atoms with E-state index in [2.05, 4.69) is 0 Å². The Hall–Kier alpha value is -4.12. The monoisotopic (exact) mass is 451 g/mol. The Morgan fingerprint density at radius 1 is 0.941 bits per heavy atom. The lowest BCUT2D eigenvalue weighted by Crippen LogP contribution is -2.29. The summed E-state index contributed by atoms with van der Waals surface area (Å²) in [6.45, 7) is 0.887. The Labute approximate surface area is 196 Å². The lowest BCUT2D eigenvalue weighted by Gasteiger charge is -2.21. The van der Waals surface area contributed by atoms with Crippen LogP contribution >= 0.6 is 0 Å². The number of ether oxygens (including phenoxy) is 1. The van der Waals surface area contributed by atoms with Gasteiger partial charge in [0.2, 0.25) is 5.91 Å². The third-order valence-electron chi connectivity index (χ3n) is 6.68. The summed E-state index contributed by atoms with van der Waals surface area (Å²) in [6, 6.07) is 25.9. The first-order chi connectivity index (χ1) is 16.6. The maximum Gasteiger partial charge on any atom is 0.239 e. The van der Waals surface area contributed by atoms with E-state index in [4.69, 9.17) is 4.74 Å². The molecule has 4 aromatic rings. The Bertz CT molecular complexity index is 1420. The van der Waals surface area contributed by atoms with Crippen LogP contribution in [0, 0.1) is 5.82 Å². The average molecular weight is 451 g/mol. The SMILES string of the molecule is O=C1C(c2cc3c(cc2O)OCC3)c2cc(F)ccc2N1Cc1ccccc1-c1ccccc1. The zero-order chi connectivity index (χ0) is 23.2. The largest absolute Gasteiger partial charge is 0.507 e. The second-order valence-corrected chi connectivity index (χ2v) is 8.70. The van der Waals surface area contributed by atoms with Crippen molar-refractivity contribution in [3.05, 3.63) is 113 Å². The molecule has 0 saturated carbocycles. The van der Waals surface area contributed by atoms with Gasteiger partial charge >= 0.3 is 0 Å². The fourth-order valence-corrected chi connectivity index (χ4v) is 5.07. The molecule has 168 valence electrons. The summed E-state index contributed by atoms with van der Waals surface area (Å²) in [6.07, 6.45) is 0.716. The lowest BCUT2D eigenvalue weighted by molar-refractivity contribution is -0.118. The molecule has 1 amide bonds. The predicted molar refractivity (Wildman–Crippen MR) is 129 cm³/mol. The smallest absolute Gasteiger partial charge is 0.239 e. The van der Waals surface area contributed by atoms with Gasteiger partial charge in [-0.2, -0.15) is 0 Å². The Balaban J connectivity index is 1.44. The molecular formula is C29H22FNO3. The number of nitrogens with zero attached hydrogens (tertiary/aromatic N) is 1. The van der Waals surface area contributed by atoms with Crippen LogP contribution in [0.2, 0.25) is 0 Å². The Morgan fingerprint density at radius 3 is 2.59 bits per heavy atom. The van der Waals surface area contributed by atoms with Crippen LogP contribution in [-0.4, -0.2) is 17.6 Å². The van der Waals surface area contributed by atoms with Crippen LogP contribution < -0.4 is 9.64 Å². The average Bonchev–Trinajstić information content (AvgIpc) is 3.41. The van der Waals surface area contributed by atoms with E-state index in [1.807, 2.05) is 60.7 Å². The fraction of sp³-hybridized carbons (Fsp3) is 0.138. The number of phenols is 1. The molecule has 2 heterocycles. The molecule has 1 atom stereocenters. The van der Waals surface area contributed by atoms with Gasteiger partial charge in [0.25, 0.3) is 0 Å². The summed E-state index contributed by atoms with van der Waals surface area (Å²) in [4.78, 5) is 15.5. The van der Waals surface area contributed by atoms with Crippen LogP contribution in [0.1, 0.15) is 28.2 Å². The highest BCUT2D eigenvalue weighted by atomic mass is 19.1. The summed E-state index contributed by atoms with van der Waals surface area (Å²) in [5.41, 5.74) is 5.76. The van der Waals surface area contributed by atoms with Crippen molar-refractivity contribution in [2.75, 3.05) is 11.5 Å². The molecule has 2 aliphatic rings. The minimum absolute atomic E-state index is 0.0132. The number of hydrogen-bond donors (Lipinski definition) is 1. The fourth-order valence-electron chi connectivity index (χ4n) is 5.07. The van der Waals surface area contributed by atoms with Gasteiger partial charge in [-0.1, -0.05) is 54.6 Å². The molecule has 4 nitrogen and oxygen atoms in total. The third kappa shape index (κ3) is 3.32. The molecule has 4 aromatic carbocycles. The van der Waals surface area contributed by atoms with Gasteiger partial charge in [0.1, 0.15) is 17.3 Å². The maximum absolute atomic E-state index is 14.3. The maximum atomic E-state index is 14.3. The molecule has 0 fully saturated rings. The first-order valence-electron chi connectivity index (χ1n) is 11.3. The molecule has 0 spiro atoms. The number of rotatable bonds is 4. The quantitative estimate of drug-likeness (QED) is 0.426. The minimum atomic E-state index is -0.777. The van der Waals surface area contributed by atoms with Gasteiger partial charge in [0.15, 0.2) is 0 Å². The predicted octanol–water partition coefficient (Wildman–Crippen LogP) is 5.81. The molecule has 2 aliphatic heterocycles. The normalized spacial score (nSPS) is 16.3. The van der Waals surface area contributed by atoms with Crippen molar-refractivity contribution >= 4 is 11.6 Å². The van der Waals surface area contributed by atoms with Crippen LogP contribution in [0.3, 0.4) is 0 Å². The van der Waals surface area contributed by atoms with E-state index in [1.54, 1.807) is 17.0 Å². The molecule has 0 radical (unpaired) electrons. The van der Waals surface area contributed by atoms with Crippen LogP contribution in [0.15, 0.2) is 84.9 Å². The van der Waals surface area contributed by atoms with Crippen molar-refractivity contribution in [1.29, 1.82) is 0 Å². The molecule has 0 saturated heterocycles. The van der Waals surface area contributed by atoms with Gasteiger partial charge in [-0.3, -0.25) is 4.79 Å². The van der Waals surface area contributed by atoms with E-state index < -0.39 is 11.7 Å². The molecule has 0 aliphatic carbocycles. The number of benzene rings is 4. The highest BCUT2D eigenvalue weighted by molar-refractivity contribution is 6.07. The number of anilines is 1. The van der Waals surface area contributed by atoms with Gasteiger partial charge in [-0.15, -0.1) is 0 Å². The van der Waals surface area contributed by atoms with Crippen molar-refractivity contribution < 1.29 is 19.0 Å². The molecule has 1 N–H and O–H groups in total. The van der Waals surface area contributed by atoms with Gasteiger partial charge in [-0.05, 0) is 52.1 Å². The summed E-state index contributed by atoms with van der Waals surface area (Å²) in [7, 11) is 0. The van der Waals surface area contributed by atoms with Crippen molar-refractivity contribution in [2.24, 2.45) is 0 Å². The van der Waals surface area contributed by atoms with E-state index in [-0.39, 0.29) is 11.7 Å². The first-order valence-corrected chi connectivity index (χ1v) is 11.3. The van der Waals surface area contributed by atoms with Gasteiger partial charge in [-0.25, -0.2) is 4.39 Å². The zero-order valence-corrected chi connectivity index (χ0v) is 18.4. The number of phenolic OH excluding ortho intramolecular Hbond substituents is 1. The Morgan fingerprint density at radius 2 is 1.74 bits per heavy atom. The molecule has 6 rings (SSSR count). The van der Waals surface area contributed by atoms with Crippen molar-refractivity contribution in [3.63, 3.8) is 0 Å². The lowest BCUT2D eigenvalue weighted by atomic mass is 9.90. The third-order valence-corrected chi connectivity index (χ3v) is 6.68. The van der Waals surface area contributed by atoms with E-state index >= 15 is 0 Å². The standard InChI is InChI=1S/C29H22FNO3/c30-21-10-11-25-23(15-21)28(24-14-19-12-13-34-27(19)16-26(24)32)29(33)31(25)17-20-8-4-5-9-22(20)18-6-2-1-3-7-18/h1-11,14-16,28,32H,12-13,17H2. The number of carbonyl (C=O) groups is 1. The second-order valence-electron chi connectivity index (χ2n) is 8.70. The summed E-state index contributed by atoms with van der Waals surface area (Å²) < 4.78 is 19.9. The highest BCUT2D eigenvalue weighted by Gasteiger charge is 2.40.